The van der Waals surface area contributed by atoms with E-state index < -0.39 is 0 Å². The van der Waals surface area contributed by atoms with Crippen molar-refractivity contribution in [3.8, 4) is 11.3 Å². The molecular formula is C13H16FN3. The summed E-state index contributed by atoms with van der Waals surface area (Å²) in [5.41, 5.74) is 2.21. The lowest BCUT2D eigenvalue weighted by molar-refractivity contribution is 0.630. The van der Waals surface area contributed by atoms with E-state index in [1.807, 2.05) is 26.8 Å². The molecule has 4 heteroatoms. The molecular weight excluding hydrogens is 217 g/mol. The van der Waals surface area contributed by atoms with Crippen LogP contribution < -0.4 is 5.32 Å². The standard InChI is InChI=1S/C13H16FN3/c1-8(2)15-13-9(3)12(16-17-13)10-6-4-5-7-11(10)14/h4-8H,1-3H3,(H2,15,16,17). The highest BCUT2D eigenvalue weighted by atomic mass is 19.1. The van der Waals surface area contributed by atoms with E-state index in [0.717, 1.165) is 17.1 Å². The fourth-order valence-corrected chi connectivity index (χ4v) is 1.74. The number of hydrogen-bond acceptors (Lipinski definition) is 2. The second-order valence-corrected chi connectivity index (χ2v) is 4.35. The Morgan fingerprint density at radius 1 is 1.29 bits per heavy atom. The van der Waals surface area contributed by atoms with E-state index in [1.54, 1.807) is 12.1 Å². The molecule has 3 nitrogen and oxygen atoms in total. The zero-order chi connectivity index (χ0) is 12.4. The molecule has 0 radical (unpaired) electrons. The summed E-state index contributed by atoms with van der Waals surface area (Å²) in [5.74, 6) is 0.536. The number of H-pyrrole nitrogens is 1. The van der Waals surface area contributed by atoms with Gasteiger partial charge in [0.25, 0.3) is 0 Å². The summed E-state index contributed by atoms with van der Waals surface area (Å²) in [6.07, 6.45) is 0. The van der Waals surface area contributed by atoms with Gasteiger partial charge in [0.2, 0.25) is 0 Å². The zero-order valence-corrected chi connectivity index (χ0v) is 10.2. The molecule has 0 unspecified atom stereocenters. The molecule has 90 valence electrons. The summed E-state index contributed by atoms with van der Waals surface area (Å²) in [6.45, 7) is 6.00. The molecule has 0 spiro atoms. The van der Waals surface area contributed by atoms with Crippen molar-refractivity contribution in [3.63, 3.8) is 0 Å². The van der Waals surface area contributed by atoms with Crippen molar-refractivity contribution in [2.45, 2.75) is 26.8 Å². The minimum atomic E-state index is -0.240. The highest BCUT2D eigenvalue weighted by molar-refractivity contribution is 5.68. The molecule has 0 bridgehead atoms. The third-order valence-electron chi connectivity index (χ3n) is 2.58. The lowest BCUT2D eigenvalue weighted by Crippen LogP contribution is -2.10. The second-order valence-electron chi connectivity index (χ2n) is 4.35. The number of benzene rings is 1. The zero-order valence-electron chi connectivity index (χ0n) is 10.2. The Hall–Kier alpha value is -1.84. The van der Waals surface area contributed by atoms with Gasteiger partial charge in [-0.05, 0) is 32.9 Å². The Labute approximate surface area is 100 Å². The monoisotopic (exact) mass is 233 g/mol. The Kier molecular flexibility index (Phi) is 3.13. The van der Waals surface area contributed by atoms with E-state index in [2.05, 4.69) is 15.5 Å². The van der Waals surface area contributed by atoms with Crippen LogP contribution in [0.2, 0.25) is 0 Å². The molecule has 0 amide bonds. The minimum absolute atomic E-state index is 0.240. The van der Waals surface area contributed by atoms with Crippen molar-refractivity contribution in [3.05, 3.63) is 35.6 Å². The molecule has 17 heavy (non-hydrogen) atoms. The lowest BCUT2D eigenvalue weighted by atomic mass is 10.1. The smallest absolute Gasteiger partial charge is 0.151 e. The van der Waals surface area contributed by atoms with Crippen LogP contribution in [0.5, 0.6) is 0 Å². The maximum atomic E-state index is 13.7. The molecule has 0 saturated heterocycles. The number of nitrogens with zero attached hydrogens (tertiary/aromatic N) is 1. The first-order valence-electron chi connectivity index (χ1n) is 5.66. The normalized spacial score (nSPS) is 10.9. The van der Waals surface area contributed by atoms with Gasteiger partial charge in [0, 0.05) is 17.2 Å². The van der Waals surface area contributed by atoms with E-state index in [4.69, 9.17) is 0 Å². The third-order valence-corrected chi connectivity index (χ3v) is 2.58. The van der Waals surface area contributed by atoms with Crippen LogP contribution in [0.15, 0.2) is 24.3 Å². The summed E-state index contributed by atoms with van der Waals surface area (Å²) >= 11 is 0. The molecule has 1 aromatic heterocycles. The SMILES string of the molecule is Cc1c(NC(C)C)n[nH]c1-c1ccccc1F. The van der Waals surface area contributed by atoms with Crippen molar-refractivity contribution < 1.29 is 4.39 Å². The first-order valence-corrected chi connectivity index (χ1v) is 5.66. The second kappa shape index (κ2) is 4.57. The number of anilines is 1. The van der Waals surface area contributed by atoms with E-state index in [1.165, 1.54) is 6.07 Å². The minimum Gasteiger partial charge on any atom is -0.366 e. The molecule has 0 aliphatic rings. The summed E-state index contributed by atoms with van der Waals surface area (Å²) in [7, 11) is 0. The van der Waals surface area contributed by atoms with Gasteiger partial charge < -0.3 is 5.32 Å². The highest BCUT2D eigenvalue weighted by Crippen LogP contribution is 2.27. The van der Waals surface area contributed by atoms with Gasteiger partial charge in [-0.15, -0.1) is 0 Å². The Bertz CT molecular complexity index is 517. The van der Waals surface area contributed by atoms with Crippen molar-refractivity contribution in [2.24, 2.45) is 0 Å². The Morgan fingerprint density at radius 2 is 2.00 bits per heavy atom. The molecule has 2 aromatic rings. The van der Waals surface area contributed by atoms with Crippen LogP contribution in [0, 0.1) is 12.7 Å². The maximum absolute atomic E-state index is 13.7. The molecule has 0 fully saturated rings. The number of rotatable bonds is 3. The average Bonchev–Trinajstić information content (AvgIpc) is 2.61. The number of aromatic amines is 1. The molecule has 0 atom stereocenters. The fourth-order valence-electron chi connectivity index (χ4n) is 1.74. The molecule has 2 rings (SSSR count). The first kappa shape index (κ1) is 11.6. The predicted molar refractivity (Wildman–Crippen MR) is 67.5 cm³/mol. The third kappa shape index (κ3) is 2.30. The van der Waals surface area contributed by atoms with Crippen molar-refractivity contribution in [2.75, 3.05) is 5.32 Å². The number of hydrogen-bond donors (Lipinski definition) is 2. The number of nitrogens with one attached hydrogen (secondary N) is 2. The van der Waals surface area contributed by atoms with Gasteiger partial charge in [-0.25, -0.2) is 4.39 Å². The maximum Gasteiger partial charge on any atom is 0.151 e. The van der Waals surface area contributed by atoms with Crippen LogP contribution >= 0.6 is 0 Å². The summed E-state index contributed by atoms with van der Waals surface area (Å²) in [5, 5.41) is 10.3. The van der Waals surface area contributed by atoms with Crippen molar-refractivity contribution >= 4 is 5.82 Å². The van der Waals surface area contributed by atoms with E-state index in [0.29, 0.717) is 11.6 Å². The molecule has 2 N–H and O–H groups in total. The summed E-state index contributed by atoms with van der Waals surface area (Å²) in [6, 6.07) is 6.98. The molecule has 1 heterocycles. The Morgan fingerprint density at radius 3 is 2.65 bits per heavy atom. The van der Waals surface area contributed by atoms with Crippen LogP contribution in [-0.2, 0) is 0 Å². The first-order chi connectivity index (χ1) is 8.09. The van der Waals surface area contributed by atoms with E-state index in [-0.39, 0.29) is 5.82 Å². The van der Waals surface area contributed by atoms with Crippen LogP contribution in [0.1, 0.15) is 19.4 Å². The summed E-state index contributed by atoms with van der Waals surface area (Å²) in [4.78, 5) is 0. The number of aromatic nitrogens is 2. The quantitative estimate of drug-likeness (QED) is 0.853. The van der Waals surface area contributed by atoms with Crippen LogP contribution in [0.4, 0.5) is 10.2 Å². The molecule has 1 aromatic carbocycles. The molecule has 0 aliphatic heterocycles. The van der Waals surface area contributed by atoms with Crippen molar-refractivity contribution in [1.82, 2.24) is 10.2 Å². The average molecular weight is 233 g/mol. The largest absolute Gasteiger partial charge is 0.366 e. The van der Waals surface area contributed by atoms with Crippen molar-refractivity contribution in [1.29, 1.82) is 0 Å². The predicted octanol–water partition coefficient (Wildman–Crippen LogP) is 3.34. The van der Waals surface area contributed by atoms with E-state index >= 15 is 0 Å². The Balaban J connectivity index is 2.41. The van der Waals surface area contributed by atoms with Crippen LogP contribution in [0.25, 0.3) is 11.3 Å². The molecule has 0 saturated carbocycles. The van der Waals surface area contributed by atoms with Gasteiger partial charge in [0.05, 0.1) is 5.69 Å². The number of halogens is 1. The van der Waals surface area contributed by atoms with Gasteiger partial charge >= 0.3 is 0 Å². The topological polar surface area (TPSA) is 40.7 Å². The van der Waals surface area contributed by atoms with E-state index in [9.17, 15) is 4.39 Å². The summed E-state index contributed by atoms with van der Waals surface area (Å²) < 4.78 is 13.7. The van der Waals surface area contributed by atoms with Gasteiger partial charge in [0.15, 0.2) is 5.82 Å². The lowest BCUT2D eigenvalue weighted by Gasteiger charge is -2.07. The van der Waals surface area contributed by atoms with Gasteiger partial charge in [0.1, 0.15) is 5.82 Å². The van der Waals surface area contributed by atoms with Gasteiger partial charge in [-0.1, -0.05) is 12.1 Å². The van der Waals surface area contributed by atoms with Crippen LogP contribution in [0.3, 0.4) is 0 Å². The molecule has 0 aliphatic carbocycles. The van der Waals surface area contributed by atoms with Gasteiger partial charge in [-0.2, -0.15) is 5.10 Å². The highest BCUT2D eigenvalue weighted by Gasteiger charge is 2.13. The fraction of sp³-hybridized carbons (Fsp3) is 0.308. The van der Waals surface area contributed by atoms with Crippen LogP contribution in [-0.4, -0.2) is 16.2 Å². The van der Waals surface area contributed by atoms with Gasteiger partial charge in [-0.3, -0.25) is 5.10 Å².